The van der Waals surface area contributed by atoms with E-state index >= 15 is 0 Å². The van der Waals surface area contributed by atoms with Crippen molar-refractivity contribution < 1.29 is 4.79 Å². The highest BCUT2D eigenvalue weighted by molar-refractivity contribution is 9.10. The second-order valence-corrected chi connectivity index (χ2v) is 6.61. The van der Waals surface area contributed by atoms with Crippen LogP contribution in [0.2, 0.25) is 0 Å². The Balaban J connectivity index is 1.95. The number of aryl methyl sites for hydroxylation is 1. The summed E-state index contributed by atoms with van der Waals surface area (Å²) in [5, 5.41) is 3.00. The molecule has 0 saturated heterocycles. The van der Waals surface area contributed by atoms with Crippen molar-refractivity contribution in [3.05, 3.63) is 100 Å². The van der Waals surface area contributed by atoms with E-state index in [4.69, 9.17) is 0 Å². The predicted octanol–water partition coefficient (Wildman–Crippen LogP) is 5.94. The molecule has 3 aromatic rings. The molecule has 3 rings (SSSR count). The number of hydrogen-bond acceptors (Lipinski definition) is 1. The van der Waals surface area contributed by atoms with E-state index in [-0.39, 0.29) is 5.91 Å². The first-order chi connectivity index (χ1) is 12.1. The van der Waals surface area contributed by atoms with Crippen LogP contribution >= 0.6 is 15.9 Å². The van der Waals surface area contributed by atoms with Gasteiger partial charge >= 0.3 is 0 Å². The van der Waals surface area contributed by atoms with Gasteiger partial charge in [-0.15, -0.1) is 0 Å². The Kier molecular flexibility index (Phi) is 5.46. The fraction of sp³-hybridized carbons (Fsp3) is 0.0455. The van der Waals surface area contributed by atoms with Crippen LogP contribution < -0.4 is 5.32 Å². The third-order valence-corrected chi connectivity index (χ3v) is 4.75. The van der Waals surface area contributed by atoms with Crippen molar-refractivity contribution in [2.45, 2.75) is 6.92 Å². The second-order valence-electron chi connectivity index (χ2n) is 5.75. The number of hydrogen-bond donors (Lipinski definition) is 1. The van der Waals surface area contributed by atoms with Crippen molar-refractivity contribution in [3.8, 4) is 0 Å². The van der Waals surface area contributed by atoms with Crippen LogP contribution in [0.4, 0.5) is 5.69 Å². The Hall–Kier alpha value is -2.65. The van der Waals surface area contributed by atoms with Gasteiger partial charge in [0.25, 0.3) is 5.91 Å². The molecule has 124 valence electrons. The fourth-order valence-electron chi connectivity index (χ4n) is 2.53. The SMILES string of the molecule is Cc1cc(NC(=O)/C(=C/c2ccccc2)c2ccccc2)ccc1Br. The first-order valence-electron chi connectivity index (χ1n) is 8.03. The van der Waals surface area contributed by atoms with Gasteiger partial charge in [0.1, 0.15) is 0 Å². The predicted molar refractivity (Wildman–Crippen MR) is 108 cm³/mol. The minimum atomic E-state index is -0.128. The average Bonchev–Trinajstić information content (AvgIpc) is 2.64. The first kappa shape index (κ1) is 17.2. The van der Waals surface area contributed by atoms with Crippen molar-refractivity contribution in [1.82, 2.24) is 0 Å². The number of nitrogens with one attached hydrogen (secondary N) is 1. The maximum Gasteiger partial charge on any atom is 0.256 e. The van der Waals surface area contributed by atoms with E-state index < -0.39 is 0 Å². The van der Waals surface area contributed by atoms with E-state index in [1.54, 1.807) is 0 Å². The van der Waals surface area contributed by atoms with Gasteiger partial charge in [-0.2, -0.15) is 0 Å². The number of carbonyl (C=O) groups excluding carboxylic acids is 1. The summed E-state index contributed by atoms with van der Waals surface area (Å²) in [7, 11) is 0. The molecule has 0 aliphatic carbocycles. The van der Waals surface area contributed by atoms with Gasteiger partial charge in [-0.25, -0.2) is 0 Å². The largest absolute Gasteiger partial charge is 0.322 e. The van der Waals surface area contributed by atoms with E-state index in [0.717, 1.165) is 26.9 Å². The summed E-state index contributed by atoms with van der Waals surface area (Å²) >= 11 is 3.48. The molecule has 0 radical (unpaired) electrons. The molecular formula is C22H18BrNO. The summed E-state index contributed by atoms with van der Waals surface area (Å²) in [5.41, 5.74) is 4.36. The summed E-state index contributed by atoms with van der Waals surface area (Å²) in [5.74, 6) is -0.128. The fourth-order valence-corrected chi connectivity index (χ4v) is 2.78. The number of carbonyl (C=O) groups is 1. The molecular weight excluding hydrogens is 374 g/mol. The van der Waals surface area contributed by atoms with E-state index in [1.165, 1.54) is 0 Å². The maximum atomic E-state index is 12.9. The lowest BCUT2D eigenvalue weighted by Gasteiger charge is -2.11. The summed E-state index contributed by atoms with van der Waals surface area (Å²) in [6, 6.07) is 25.3. The van der Waals surface area contributed by atoms with Crippen molar-refractivity contribution in [1.29, 1.82) is 0 Å². The Morgan fingerprint density at radius 1 is 0.920 bits per heavy atom. The lowest BCUT2D eigenvalue weighted by Crippen LogP contribution is -2.13. The highest BCUT2D eigenvalue weighted by Crippen LogP contribution is 2.23. The van der Waals surface area contributed by atoms with Gasteiger partial charge in [0, 0.05) is 15.7 Å². The van der Waals surface area contributed by atoms with Crippen LogP contribution in [-0.4, -0.2) is 5.91 Å². The van der Waals surface area contributed by atoms with E-state index in [0.29, 0.717) is 5.57 Å². The normalized spacial score (nSPS) is 11.2. The second kappa shape index (κ2) is 7.95. The lowest BCUT2D eigenvalue weighted by atomic mass is 10.0. The lowest BCUT2D eigenvalue weighted by molar-refractivity contribution is -0.111. The minimum Gasteiger partial charge on any atom is -0.322 e. The van der Waals surface area contributed by atoms with Gasteiger partial charge in [0.2, 0.25) is 0 Å². The Morgan fingerprint density at radius 2 is 1.56 bits per heavy atom. The van der Waals surface area contributed by atoms with Crippen LogP contribution in [0.25, 0.3) is 11.6 Å². The van der Waals surface area contributed by atoms with Crippen LogP contribution in [-0.2, 0) is 4.79 Å². The number of amides is 1. The molecule has 1 amide bonds. The molecule has 3 heteroatoms. The summed E-state index contributed by atoms with van der Waals surface area (Å²) in [6.07, 6.45) is 1.91. The molecule has 0 fully saturated rings. The zero-order chi connectivity index (χ0) is 17.6. The van der Waals surface area contributed by atoms with Gasteiger partial charge in [0.15, 0.2) is 0 Å². The summed E-state index contributed by atoms with van der Waals surface area (Å²) in [4.78, 5) is 12.9. The highest BCUT2D eigenvalue weighted by Gasteiger charge is 2.13. The Labute approximate surface area is 156 Å². The molecule has 25 heavy (non-hydrogen) atoms. The molecule has 0 heterocycles. The number of halogens is 1. The molecule has 0 spiro atoms. The minimum absolute atomic E-state index is 0.128. The average molecular weight is 392 g/mol. The Bertz CT molecular complexity index is 902. The van der Waals surface area contributed by atoms with Crippen molar-refractivity contribution >= 4 is 39.2 Å². The van der Waals surface area contributed by atoms with E-state index in [2.05, 4.69) is 21.2 Å². The van der Waals surface area contributed by atoms with Crippen LogP contribution in [0, 0.1) is 6.92 Å². The molecule has 0 aliphatic heterocycles. The standard InChI is InChI=1S/C22H18BrNO/c1-16-14-19(12-13-21(16)23)24-22(25)20(18-10-6-3-7-11-18)15-17-8-4-2-5-9-17/h2-15H,1H3,(H,24,25)/b20-15+. The number of anilines is 1. The van der Waals surface area contributed by atoms with Gasteiger partial charge in [-0.05, 0) is 47.9 Å². The van der Waals surface area contributed by atoms with Crippen molar-refractivity contribution in [2.75, 3.05) is 5.32 Å². The molecule has 0 aliphatic rings. The first-order valence-corrected chi connectivity index (χ1v) is 8.82. The van der Waals surface area contributed by atoms with Gasteiger partial charge < -0.3 is 5.32 Å². The zero-order valence-corrected chi connectivity index (χ0v) is 15.5. The van der Waals surface area contributed by atoms with E-state index in [9.17, 15) is 4.79 Å². The molecule has 0 saturated carbocycles. The molecule has 0 unspecified atom stereocenters. The zero-order valence-electron chi connectivity index (χ0n) is 13.9. The monoisotopic (exact) mass is 391 g/mol. The van der Waals surface area contributed by atoms with Crippen LogP contribution in [0.3, 0.4) is 0 Å². The number of rotatable bonds is 4. The smallest absolute Gasteiger partial charge is 0.256 e. The quantitative estimate of drug-likeness (QED) is 0.432. The third kappa shape index (κ3) is 4.46. The molecule has 1 N–H and O–H groups in total. The molecule has 0 bridgehead atoms. The van der Waals surface area contributed by atoms with Gasteiger partial charge in [-0.1, -0.05) is 76.6 Å². The maximum absolute atomic E-state index is 12.9. The van der Waals surface area contributed by atoms with Crippen LogP contribution in [0.1, 0.15) is 16.7 Å². The van der Waals surface area contributed by atoms with Gasteiger partial charge in [0.05, 0.1) is 0 Å². The topological polar surface area (TPSA) is 29.1 Å². The Morgan fingerprint density at radius 3 is 2.20 bits per heavy atom. The van der Waals surface area contributed by atoms with Crippen molar-refractivity contribution in [3.63, 3.8) is 0 Å². The van der Waals surface area contributed by atoms with Crippen molar-refractivity contribution in [2.24, 2.45) is 0 Å². The highest BCUT2D eigenvalue weighted by atomic mass is 79.9. The number of benzene rings is 3. The summed E-state index contributed by atoms with van der Waals surface area (Å²) < 4.78 is 1.02. The molecule has 0 aromatic heterocycles. The van der Waals surface area contributed by atoms with Gasteiger partial charge in [-0.3, -0.25) is 4.79 Å². The molecule has 3 aromatic carbocycles. The van der Waals surface area contributed by atoms with E-state index in [1.807, 2.05) is 91.9 Å². The molecule has 2 nitrogen and oxygen atoms in total. The van der Waals surface area contributed by atoms with Crippen LogP contribution in [0.15, 0.2) is 83.3 Å². The van der Waals surface area contributed by atoms with Crippen LogP contribution in [0.5, 0.6) is 0 Å². The molecule has 0 atom stereocenters. The summed E-state index contributed by atoms with van der Waals surface area (Å²) in [6.45, 7) is 2.00. The third-order valence-electron chi connectivity index (χ3n) is 3.86.